The Morgan fingerprint density at radius 1 is 1.00 bits per heavy atom. The topological polar surface area (TPSA) is 51.8 Å². The Balaban J connectivity index is 2.20. The number of nitrogen functional groups attached to an aromatic ring is 1. The average molecular weight is 379 g/mol. The van der Waals surface area contributed by atoms with Crippen LogP contribution in [-0.2, 0) is 0 Å². The smallest absolute Gasteiger partial charge is 0.163 e. The number of nitrogens with two attached hydrogens (primary N) is 1. The van der Waals surface area contributed by atoms with Crippen LogP contribution in [0.5, 0.6) is 0 Å². The Kier molecular flexibility index (Phi) is 3.48. The number of hydrogen-bond donors (Lipinski definition) is 1. The Hall–Kier alpha value is -1.47. The van der Waals surface area contributed by atoms with E-state index in [4.69, 9.17) is 5.73 Å². The molecule has 3 aromatic rings. The van der Waals surface area contributed by atoms with Crippen LogP contribution in [0, 0.1) is 3.57 Å². The van der Waals surface area contributed by atoms with Crippen LogP contribution in [0.4, 0.5) is 5.82 Å². The minimum Gasteiger partial charge on any atom is -0.383 e. The molecule has 3 rings (SSSR count). The number of aromatic nitrogens is 2. The average Bonchev–Trinajstić information content (AvgIpc) is 2.97. The first-order valence-corrected chi connectivity index (χ1v) is 7.69. The van der Waals surface area contributed by atoms with Gasteiger partial charge in [0.2, 0.25) is 0 Å². The quantitative estimate of drug-likeness (QED) is 0.684. The molecule has 0 bridgehead atoms. The lowest BCUT2D eigenvalue weighted by atomic mass is 10.1. The summed E-state index contributed by atoms with van der Waals surface area (Å²) in [5, 5.41) is 4.03. The summed E-state index contributed by atoms with van der Waals surface area (Å²) in [6.07, 6.45) is 0. The second-order valence-corrected chi connectivity index (χ2v) is 5.83. The fraction of sp³-hybridized carbons (Fsp3) is 0. The van der Waals surface area contributed by atoms with Gasteiger partial charge in [-0.05, 0) is 34.0 Å². The molecule has 0 aliphatic rings. The summed E-state index contributed by atoms with van der Waals surface area (Å²) in [4.78, 5) is 9.02. The van der Waals surface area contributed by atoms with Crippen LogP contribution in [-0.4, -0.2) is 9.97 Å². The van der Waals surface area contributed by atoms with Crippen LogP contribution in [0.3, 0.4) is 0 Å². The van der Waals surface area contributed by atoms with Crippen LogP contribution in [0.2, 0.25) is 0 Å². The Labute approximate surface area is 128 Å². The van der Waals surface area contributed by atoms with Gasteiger partial charge in [-0.2, -0.15) is 11.3 Å². The van der Waals surface area contributed by atoms with Gasteiger partial charge in [0.25, 0.3) is 0 Å². The van der Waals surface area contributed by atoms with Crippen LogP contribution in [0.15, 0.2) is 47.2 Å². The van der Waals surface area contributed by atoms with Crippen LogP contribution in [0.1, 0.15) is 0 Å². The maximum absolute atomic E-state index is 6.01. The van der Waals surface area contributed by atoms with Gasteiger partial charge in [0, 0.05) is 16.5 Å². The summed E-state index contributed by atoms with van der Waals surface area (Å²) in [7, 11) is 0. The van der Waals surface area contributed by atoms with E-state index in [1.807, 2.05) is 47.2 Å². The van der Waals surface area contributed by atoms with Gasteiger partial charge in [0.1, 0.15) is 5.82 Å². The Bertz CT molecular complexity index is 696. The zero-order valence-corrected chi connectivity index (χ0v) is 12.9. The van der Waals surface area contributed by atoms with Crippen molar-refractivity contribution in [2.75, 3.05) is 5.73 Å². The van der Waals surface area contributed by atoms with Gasteiger partial charge < -0.3 is 5.73 Å². The Morgan fingerprint density at radius 3 is 2.47 bits per heavy atom. The zero-order chi connectivity index (χ0) is 13.2. The standard InChI is InChI=1S/C14H10IN3S/c15-11-12(9-4-2-1-3-5-9)17-14(18-13(11)16)10-6-7-19-8-10/h1-8H,(H2,16,17,18). The first-order chi connectivity index (χ1) is 9.25. The molecule has 0 spiro atoms. The zero-order valence-electron chi connectivity index (χ0n) is 9.88. The lowest BCUT2D eigenvalue weighted by Gasteiger charge is -2.08. The molecule has 0 radical (unpaired) electrons. The lowest BCUT2D eigenvalue weighted by Crippen LogP contribution is -2.02. The number of thiophene rings is 1. The van der Waals surface area contributed by atoms with Crippen molar-refractivity contribution in [1.29, 1.82) is 0 Å². The van der Waals surface area contributed by atoms with Crippen molar-refractivity contribution in [3.8, 4) is 22.6 Å². The molecule has 0 amide bonds. The summed E-state index contributed by atoms with van der Waals surface area (Å²) in [5.74, 6) is 1.20. The largest absolute Gasteiger partial charge is 0.383 e. The van der Waals surface area contributed by atoms with E-state index in [9.17, 15) is 0 Å². The van der Waals surface area contributed by atoms with Crippen molar-refractivity contribution in [1.82, 2.24) is 9.97 Å². The third-order valence-electron chi connectivity index (χ3n) is 2.70. The molecule has 2 heterocycles. The molecule has 3 nitrogen and oxygen atoms in total. The van der Waals surface area contributed by atoms with Crippen LogP contribution < -0.4 is 5.73 Å². The first-order valence-electron chi connectivity index (χ1n) is 5.66. The van der Waals surface area contributed by atoms with E-state index < -0.39 is 0 Å². The molecule has 0 aliphatic heterocycles. The molecule has 0 unspecified atom stereocenters. The number of halogens is 1. The highest BCUT2D eigenvalue weighted by Crippen LogP contribution is 2.29. The minimum atomic E-state index is 0.524. The molecule has 19 heavy (non-hydrogen) atoms. The highest BCUT2D eigenvalue weighted by molar-refractivity contribution is 14.1. The normalized spacial score (nSPS) is 10.6. The van der Waals surface area contributed by atoms with E-state index in [0.29, 0.717) is 11.6 Å². The van der Waals surface area contributed by atoms with Gasteiger partial charge in [-0.3, -0.25) is 0 Å². The number of rotatable bonds is 2. The third kappa shape index (κ3) is 2.48. The molecule has 0 atom stereocenters. The molecule has 94 valence electrons. The Morgan fingerprint density at radius 2 is 1.79 bits per heavy atom. The molecule has 0 fully saturated rings. The summed E-state index contributed by atoms with van der Waals surface area (Å²) in [5.41, 5.74) is 8.95. The van der Waals surface area contributed by atoms with E-state index in [-0.39, 0.29) is 0 Å². The fourth-order valence-corrected chi connectivity index (χ4v) is 2.96. The highest BCUT2D eigenvalue weighted by Gasteiger charge is 2.13. The van der Waals surface area contributed by atoms with Gasteiger partial charge in [0.15, 0.2) is 5.82 Å². The SMILES string of the molecule is Nc1nc(-c2ccsc2)nc(-c2ccccc2)c1I. The summed E-state index contributed by atoms with van der Waals surface area (Å²) in [6.45, 7) is 0. The minimum absolute atomic E-state index is 0.524. The second-order valence-electron chi connectivity index (χ2n) is 3.97. The van der Waals surface area contributed by atoms with Gasteiger partial charge in [-0.25, -0.2) is 9.97 Å². The number of benzene rings is 1. The molecule has 0 saturated carbocycles. The van der Waals surface area contributed by atoms with E-state index in [2.05, 4.69) is 32.6 Å². The predicted molar refractivity (Wildman–Crippen MR) is 87.9 cm³/mol. The number of nitrogens with zero attached hydrogens (tertiary/aromatic N) is 2. The monoisotopic (exact) mass is 379 g/mol. The maximum Gasteiger partial charge on any atom is 0.163 e. The molecule has 0 aliphatic carbocycles. The summed E-state index contributed by atoms with van der Waals surface area (Å²) >= 11 is 3.82. The lowest BCUT2D eigenvalue weighted by molar-refractivity contribution is 1.18. The van der Waals surface area contributed by atoms with Gasteiger partial charge in [-0.1, -0.05) is 30.3 Å². The van der Waals surface area contributed by atoms with Gasteiger partial charge in [-0.15, -0.1) is 0 Å². The third-order valence-corrected chi connectivity index (χ3v) is 4.45. The highest BCUT2D eigenvalue weighted by atomic mass is 127. The molecule has 1 aromatic carbocycles. The molecule has 5 heteroatoms. The summed E-state index contributed by atoms with van der Waals surface area (Å²) in [6, 6.07) is 12.0. The second kappa shape index (κ2) is 5.26. The van der Waals surface area contributed by atoms with E-state index >= 15 is 0 Å². The van der Waals surface area contributed by atoms with Crippen LogP contribution in [0.25, 0.3) is 22.6 Å². The molecular formula is C14H10IN3S. The van der Waals surface area contributed by atoms with Crippen molar-refractivity contribution in [3.05, 3.63) is 50.7 Å². The van der Waals surface area contributed by atoms with Gasteiger partial charge >= 0.3 is 0 Å². The fourth-order valence-electron chi connectivity index (χ4n) is 1.77. The van der Waals surface area contributed by atoms with Crippen LogP contribution >= 0.6 is 33.9 Å². The predicted octanol–water partition coefficient (Wildman–Crippen LogP) is 4.06. The van der Waals surface area contributed by atoms with Crippen molar-refractivity contribution >= 4 is 39.7 Å². The van der Waals surface area contributed by atoms with Gasteiger partial charge in [0.05, 0.1) is 9.26 Å². The number of hydrogen-bond acceptors (Lipinski definition) is 4. The van der Waals surface area contributed by atoms with Crippen molar-refractivity contribution < 1.29 is 0 Å². The molecule has 2 N–H and O–H groups in total. The van der Waals surface area contributed by atoms with Crippen molar-refractivity contribution in [2.45, 2.75) is 0 Å². The maximum atomic E-state index is 6.01. The van der Waals surface area contributed by atoms with Crippen molar-refractivity contribution in [3.63, 3.8) is 0 Å². The van der Waals surface area contributed by atoms with E-state index in [0.717, 1.165) is 20.4 Å². The first kappa shape index (κ1) is 12.6. The molecule has 0 saturated heterocycles. The van der Waals surface area contributed by atoms with Crippen molar-refractivity contribution in [2.24, 2.45) is 0 Å². The molecule has 2 aromatic heterocycles. The summed E-state index contributed by atoms with van der Waals surface area (Å²) < 4.78 is 0.891. The van der Waals surface area contributed by atoms with E-state index in [1.165, 1.54) is 0 Å². The number of anilines is 1. The molecular weight excluding hydrogens is 369 g/mol. The van der Waals surface area contributed by atoms with E-state index in [1.54, 1.807) is 11.3 Å².